The molecule has 2 heterocycles. The largest absolute Gasteiger partial charge is 0.268 e. The molecule has 25 heavy (non-hydrogen) atoms. The van der Waals surface area contributed by atoms with Gasteiger partial charge < -0.3 is 0 Å². The molecule has 130 valence electrons. The van der Waals surface area contributed by atoms with E-state index in [1.807, 2.05) is 55.1 Å². The molecule has 0 N–H and O–H groups in total. The van der Waals surface area contributed by atoms with Gasteiger partial charge in [-0.3, -0.25) is 4.79 Å². The molecule has 2 aromatic heterocycles. The Balaban J connectivity index is 2.29. The summed E-state index contributed by atoms with van der Waals surface area (Å²) >= 11 is 0. The van der Waals surface area contributed by atoms with Crippen LogP contribution in [0.4, 0.5) is 0 Å². The Bertz CT molecular complexity index is 930. The molecule has 0 aliphatic carbocycles. The van der Waals surface area contributed by atoms with Crippen LogP contribution < -0.4 is 5.56 Å². The van der Waals surface area contributed by atoms with E-state index in [-0.39, 0.29) is 17.0 Å². The van der Waals surface area contributed by atoms with E-state index in [1.54, 1.807) is 12.1 Å². The van der Waals surface area contributed by atoms with Gasteiger partial charge in [-0.15, -0.1) is 0 Å². The highest BCUT2D eigenvalue weighted by atomic mass is 16.1. The van der Waals surface area contributed by atoms with E-state index in [9.17, 15) is 4.79 Å². The molecule has 0 saturated carbocycles. The molecule has 3 rings (SSSR count). The topological polar surface area (TPSA) is 52.7 Å². The highest BCUT2D eigenvalue weighted by Gasteiger charge is 2.25. The van der Waals surface area contributed by atoms with E-state index in [1.165, 1.54) is 4.68 Å². The number of benzene rings is 1. The van der Waals surface area contributed by atoms with Crippen LogP contribution in [0.3, 0.4) is 0 Å². The Morgan fingerprint density at radius 3 is 2.28 bits per heavy atom. The van der Waals surface area contributed by atoms with Crippen molar-refractivity contribution in [1.82, 2.24) is 19.6 Å². The molecule has 0 saturated heterocycles. The first kappa shape index (κ1) is 17.1. The van der Waals surface area contributed by atoms with Crippen LogP contribution in [0.25, 0.3) is 17.1 Å². The Morgan fingerprint density at radius 1 is 1.00 bits per heavy atom. The van der Waals surface area contributed by atoms with E-state index >= 15 is 0 Å². The Kier molecular flexibility index (Phi) is 4.33. The van der Waals surface area contributed by atoms with Crippen molar-refractivity contribution in [1.29, 1.82) is 0 Å². The van der Waals surface area contributed by atoms with Gasteiger partial charge in [0, 0.05) is 11.6 Å². The fraction of sp³-hybridized carbons (Fsp3) is 0.350. The maximum atomic E-state index is 12.1. The van der Waals surface area contributed by atoms with Gasteiger partial charge in [0.15, 0.2) is 0 Å². The second kappa shape index (κ2) is 6.31. The van der Waals surface area contributed by atoms with E-state index in [4.69, 9.17) is 0 Å². The zero-order valence-corrected chi connectivity index (χ0v) is 15.4. The molecule has 5 heteroatoms. The van der Waals surface area contributed by atoms with Gasteiger partial charge in [0.1, 0.15) is 5.69 Å². The van der Waals surface area contributed by atoms with Crippen LogP contribution in [-0.4, -0.2) is 19.6 Å². The standard InChI is InChI=1S/C20H24N4O/c1-14(2)23-18(25)12-11-17(22-23)19-16(20(3,4)5)13-21-24(19)15-9-7-6-8-10-15/h6-14H,1-5H3. The van der Waals surface area contributed by atoms with E-state index in [0.29, 0.717) is 0 Å². The lowest BCUT2D eigenvalue weighted by Gasteiger charge is -2.20. The van der Waals surface area contributed by atoms with Crippen LogP contribution in [0, 0.1) is 0 Å². The normalized spacial score (nSPS) is 11.9. The predicted octanol–water partition coefficient (Wildman–Crippen LogP) is 3.97. The number of hydrogen-bond acceptors (Lipinski definition) is 3. The Labute approximate surface area is 147 Å². The third-order valence-electron chi connectivity index (χ3n) is 4.13. The highest BCUT2D eigenvalue weighted by molar-refractivity contribution is 5.63. The van der Waals surface area contributed by atoms with Crippen LogP contribution in [0.1, 0.15) is 46.2 Å². The van der Waals surface area contributed by atoms with Crippen LogP contribution >= 0.6 is 0 Å². The summed E-state index contributed by atoms with van der Waals surface area (Å²) in [7, 11) is 0. The maximum Gasteiger partial charge on any atom is 0.267 e. The average molecular weight is 336 g/mol. The quantitative estimate of drug-likeness (QED) is 0.727. The smallest absolute Gasteiger partial charge is 0.267 e. The van der Waals surface area contributed by atoms with Gasteiger partial charge in [-0.1, -0.05) is 39.0 Å². The third kappa shape index (κ3) is 3.27. The minimum absolute atomic E-state index is 0.00127. The molecular formula is C20H24N4O. The van der Waals surface area contributed by atoms with Gasteiger partial charge in [-0.05, 0) is 37.5 Å². The van der Waals surface area contributed by atoms with Gasteiger partial charge in [0.05, 0.1) is 23.6 Å². The SMILES string of the molecule is CC(C)n1nc(-c2c(C(C)(C)C)cnn2-c2ccccc2)ccc1=O. The molecule has 0 amide bonds. The van der Waals surface area contributed by atoms with E-state index < -0.39 is 0 Å². The summed E-state index contributed by atoms with van der Waals surface area (Å²) in [6.45, 7) is 10.4. The number of aromatic nitrogens is 4. The van der Waals surface area contributed by atoms with Crippen molar-refractivity contribution < 1.29 is 0 Å². The van der Waals surface area contributed by atoms with E-state index in [0.717, 1.165) is 22.6 Å². The third-order valence-corrected chi connectivity index (χ3v) is 4.13. The number of hydrogen-bond donors (Lipinski definition) is 0. The number of nitrogens with zero attached hydrogens (tertiary/aromatic N) is 4. The van der Waals surface area contributed by atoms with Crippen molar-refractivity contribution in [2.45, 2.75) is 46.1 Å². The summed E-state index contributed by atoms with van der Waals surface area (Å²) in [6, 6.07) is 13.3. The van der Waals surface area contributed by atoms with Crippen LogP contribution in [0.2, 0.25) is 0 Å². The molecule has 0 spiro atoms. The molecule has 5 nitrogen and oxygen atoms in total. The molecule has 0 fully saturated rings. The number of para-hydroxylation sites is 1. The second-order valence-corrected chi connectivity index (χ2v) is 7.50. The fourth-order valence-electron chi connectivity index (χ4n) is 2.83. The highest BCUT2D eigenvalue weighted by Crippen LogP contribution is 2.33. The lowest BCUT2D eigenvalue weighted by Crippen LogP contribution is -2.24. The molecule has 3 aromatic rings. The van der Waals surface area contributed by atoms with Gasteiger partial charge in [-0.25, -0.2) is 9.36 Å². The van der Waals surface area contributed by atoms with Gasteiger partial charge >= 0.3 is 0 Å². The lowest BCUT2D eigenvalue weighted by molar-refractivity contribution is 0.503. The maximum absolute atomic E-state index is 12.1. The van der Waals surface area contributed by atoms with Crippen molar-refractivity contribution in [3.05, 3.63) is 64.6 Å². The summed E-state index contributed by atoms with van der Waals surface area (Å²) in [6.07, 6.45) is 1.90. The van der Waals surface area contributed by atoms with E-state index in [2.05, 4.69) is 31.0 Å². The minimum atomic E-state index is -0.0955. The zero-order chi connectivity index (χ0) is 18.2. The van der Waals surface area contributed by atoms with Crippen molar-refractivity contribution in [3.8, 4) is 17.1 Å². The zero-order valence-electron chi connectivity index (χ0n) is 15.4. The molecule has 1 aromatic carbocycles. The lowest BCUT2D eigenvalue weighted by atomic mass is 9.86. The summed E-state index contributed by atoms with van der Waals surface area (Å²) in [5.41, 5.74) is 3.55. The molecule has 0 aliphatic rings. The fourth-order valence-corrected chi connectivity index (χ4v) is 2.83. The molecule has 0 bridgehead atoms. The molecule has 0 radical (unpaired) electrons. The first-order chi connectivity index (χ1) is 11.8. The van der Waals surface area contributed by atoms with Crippen LogP contribution in [0.5, 0.6) is 0 Å². The van der Waals surface area contributed by atoms with Gasteiger partial charge in [0.25, 0.3) is 5.56 Å². The minimum Gasteiger partial charge on any atom is -0.268 e. The predicted molar refractivity (Wildman–Crippen MR) is 100 cm³/mol. The molecule has 0 unspecified atom stereocenters. The van der Waals surface area contributed by atoms with Crippen molar-refractivity contribution in [3.63, 3.8) is 0 Å². The second-order valence-electron chi connectivity index (χ2n) is 7.50. The molecule has 0 aliphatic heterocycles. The van der Waals surface area contributed by atoms with Crippen LogP contribution in [0.15, 0.2) is 53.5 Å². The average Bonchev–Trinajstić information content (AvgIpc) is 3.01. The first-order valence-corrected chi connectivity index (χ1v) is 8.53. The molecule has 0 atom stereocenters. The monoisotopic (exact) mass is 336 g/mol. The van der Waals surface area contributed by atoms with Gasteiger partial charge in [-0.2, -0.15) is 10.2 Å². The van der Waals surface area contributed by atoms with Crippen LogP contribution in [-0.2, 0) is 5.41 Å². The summed E-state index contributed by atoms with van der Waals surface area (Å²) in [4.78, 5) is 12.1. The Morgan fingerprint density at radius 2 is 1.68 bits per heavy atom. The summed E-state index contributed by atoms with van der Waals surface area (Å²) in [5, 5.41) is 9.23. The van der Waals surface area contributed by atoms with Crippen molar-refractivity contribution >= 4 is 0 Å². The summed E-state index contributed by atoms with van der Waals surface area (Å²) < 4.78 is 3.42. The van der Waals surface area contributed by atoms with Crippen molar-refractivity contribution in [2.24, 2.45) is 0 Å². The molecular weight excluding hydrogens is 312 g/mol. The number of rotatable bonds is 3. The summed E-state index contributed by atoms with van der Waals surface area (Å²) in [5.74, 6) is 0. The van der Waals surface area contributed by atoms with Crippen molar-refractivity contribution in [2.75, 3.05) is 0 Å². The van der Waals surface area contributed by atoms with Gasteiger partial charge in [0.2, 0.25) is 0 Å². The Hall–Kier alpha value is -2.69. The first-order valence-electron chi connectivity index (χ1n) is 8.53.